The summed E-state index contributed by atoms with van der Waals surface area (Å²) in [6.45, 7) is 1.50. The third-order valence-electron chi connectivity index (χ3n) is 1.85. The lowest BCUT2D eigenvalue weighted by Crippen LogP contribution is -2.96. The average Bonchev–Trinajstić information content (AvgIpc) is 2.09. The second-order valence-corrected chi connectivity index (χ2v) is 2.70. The van der Waals surface area contributed by atoms with Crippen LogP contribution in [0.5, 0.6) is 0 Å². The lowest BCUT2D eigenvalue weighted by atomic mass is 10.1. The number of hydrogen-bond donors (Lipinski definition) is 2. The van der Waals surface area contributed by atoms with Gasteiger partial charge in [0.05, 0.1) is 20.2 Å². The molecule has 1 saturated heterocycles. The summed E-state index contributed by atoms with van der Waals surface area (Å²) in [5.41, 5.74) is 0. The van der Waals surface area contributed by atoms with Crippen molar-refractivity contribution in [3.8, 4) is 0 Å². The normalized spacial score (nSPS) is 23.1. The van der Waals surface area contributed by atoms with Crippen molar-refractivity contribution in [2.45, 2.75) is 12.5 Å². The van der Waals surface area contributed by atoms with E-state index in [0.717, 1.165) is 6.54 Å². The molecular formula is C7H13N2O3+. The minimum absolute atomic E-state index is 0.0772. The van der Waals surface area contributed by atoms with Crippen LogP contribution in [-0.2, 0) is 14.3 Å². The maximum absolute atomic E-state index is 11.1. The molecule has 1 heterocycles. The summed E-state index contributed by atoms with van der Waals surface area (Å²) in [5.74, 6) is -0.417. The van der Waals surface area contributed by atoms with Gasteiger partial charge in [0.15, 0.2) is 6.04 Å². The van der Waals surface area contributed by atoms with Crippen molar-refractivity contribution >= 4 is 11.9 Å². The molecule has 1 atom stereocenters. The number of nitrogens with one attached hydrogen (secondary N) is 1. The highest BCUT2D eigenvalue weighted by molar-refractivity contribution is 5.85. The Labute approximate surface area is 70.5 Å². The van der Waals surface area contributed by atoms with Gasteiger partial charge in [0.1, 0.15) is 6.42 Å². The molecule has 3 N–H and O–H groups in total. The van der Waals surface area contributed by atoms with Crippen molar-refractivity contribution in [1.29, 1.82) is 0 Å². The van der Waals surface area contributed by atoms with Crippen LogP contribution < -0.4 is 10.6 Å². The summed E-state index contributed by atoms with van der Waals surface area (Å²) in [7, 11) is 1.32. The quantitative estimate of drug-likeness (QED) is 0.458. The minimum Gasteiger partial charge on any atom is -0.469 e. The molecule has 0 aromatic rings. The first kappa shape index (κ1) is 8.99. The van der Waals surface area contributed by atoms with Crippen LogP contribution in [-0.4, -0.2) is 38.1 Å². The highest BCUT2D eigenvalue weighted by atomic mass is 16.5. The van der Waals surface area contributed by atoms with Gasteiger partial charge in [-0.3, -0.25) is 9.59 Å². The van der Waals surface area contributed by atoms with Gasteiger partial charge < -0.3 is 15.4 Å². The first-order valence-corrected chi connectivity index (χ1v) is 3.92. The van der Waals surface area contributed by atoms with E-state index in [2.05, 4.69) is 10.1 Å². The van der Waals surface area contributed by atoms with Crippen LogP contribution in [0.2, 0.25) is 0 Å². The Morgan fingerprint density at radius 3 is 3.17 bits per heavy atom. The Balaban J connectivity index is 2.39. The first-order valence-electron chi connectivity index (χ1n) is 3.92. The summed E-state index contributed by atoms with van der Waals surface area (Å²) in [6, 6.07) is -0.300. The van der Waals surface area contributed by atoms with Gasteiger partial charge in [0.2, 0.25) is 0 Å². The number of piperazine rings is 1. The minimum atomic E-state index is -0.340. The third kappa shape index (κ3) is 2.20. The van der Waals surface area contributed by atoms with Crippen molar-refractivity contribution in [3.05, 3.63) is 0 Å². The number of quaternary nitrogens is 1. The fraction of sp³-hybridized carbons (Fsp3) is 0.714. The van der Waals surface area contributed by atoms with Gasteiger partial charge in [0.25, 0.3) is 5.91 Å². The van der Waals surface area contributed by atoms with E-state index in [1.54, 1.807) is 0 Å². The number of esters is 1. The Morgan fingerprint density at radius 1 is 1.83 bits per heavy atom. The second-order valence-electron chi connectivity index (χ2n) is 2.70. The number of carbonyl (C=O) groups is 2. The molecule has 1 fully saturated rings. The molecule has 0 spiro atoms. The van der Waals surface area contributed by atoms with Gasteiger partial charge in [-0.15, -0.1) is 0 Å². The van der Waals surface area contributed by atoms with Crippen LogP contribution in [0.25, 0.3) is 0 Å². The van der Waals surface area contributed by atoms with Crippen LogP contribution >= 0.6 is 0 Å². The molecule has 5 nitrogen and oxygen atoms in total. The van der Waals surface area contributed by atoms with Crippen molar-refractivity contribution < 1.29 is 19.6 Å². The van der Waals surface area contributed by atoms with E-state index < -0.39 is 0 Å². The summed E-state index contributed by atoms with van der Waals surface area (Å²) < 4.78 is 4.46. The van der Waals surface area contributed by atoms with Crippen molar-refractivity contribution in [1.82, 2.24) is 5.32 Å². The van der Waals surface area contributed by atoms with E-state index in [1.165, 1.54) is 7.11 Å². The molecule has 0 aliphatic carbocycles. The summed E-state index contributed by atoms with van der Waals surface area (Å²) >= 11 is 0. The number of carbonyl (C=O) groups excluding carboxylic acids is 2. The van der Waals surface area contributed by atoms with Crippen LogP contribution in [0, 0.1) is 0 Å². The highest BCUT2D eigenvalue weighted by Gasteiger charge is 2.27. The molecule has 0 bridgehead atoms. The summed E-state index contributed by atoms with van der Waals surface area (Å²) in [4.78, 5) is 21.9. The molecule has 1 aliphatic rings. The Bertz CT molecular complexity index is 193. The number of ether oxygens (including phenoxy) is 1. The third-order valence-corrected chi connectivity index (χ3v) is 1.85. The fourth-order valence-corrected chi connectivity index (χ4v) is 1.16. The lowest BCUT2D eigenvalue weighted by molar-refractivity contribution is -0.678. The van der Waals surface area contributed by atoms with E-state index in [-0.39, 0.29) is 24.3 Å². The molecule has 12 heavy (non-hydrogen) atoms. The van der Waals surface area contributed by atoms with Crippen LogP contribution in [0.15, 0.2) is 0 Å². The van der Waals surface area contributed by atoms with Crippen LogP contribution in [0.3, 0.4) is 0 Å². The van der Waals surface area contributed by atoms with Crippen molar-refractivity contribution in [2.75, 3.05) is 20.2 Å². The van der Waals surface area contributed by atoms with E-state index in [0.29, 0.717) is 6.54 Å². The van der Waals surface area contributed by atoms with Gasteiger partial charge in [-0.2, -0.15) is 0 Å². The van der Waals surface area contributed by atoms with Crippen molar-refractivity contribution in [3.63, 3.8) is 0 Å². The van der Waals surface area contributed by atoms with Gasteiger partial charge in [-0.1, -0.05) is 0 Å². The molecule has 0 aromatic heterocycles. The predicted octanol–water partition coefficient (Wildman–Crippen LogP) is -2.39. The van der Waals surface area contributed by atoms with Gasteiger partial charge in [-0.25, -0.2) is 0 Å². The topological polar surface area (TPSA) is 72.0 Å². The molecule has 0 saturated carbocycles. The zero-order chi connectivity index (χ0) is 8.97. The average molecular weight is 173 g/mol. The van der Waals surface area contributed by atoms with E-state index in [9.17, 15) is 9.59 Å². The number of methoxy groups -OCH3 is 1. The largest absolute Gasteiger partial charge is 0.469 e. The monoisotopic (exact) mass is 173 g/mol. The Hall–Kier alpha value is -1.10. The number of hydrogen-bond acceptors (Lipinski definition) is 3. The lowest BCUT2D eigenvalue weighted by Gasteiger charge is -2.18. The first-order chi connectivity index (χ1) is 5.74. The smallest absolute Gasteiger partial charge is 0.312 e. The Morgan fingerprint density at radius 2 is 2.58 bits per heavy atom. The zero-order valence-corrected chi connectivity index (χ0v) is 7.00. The molecule has 0 aromatic carbocycles. The predicted molar refractivity (Wildman–Crippen MR) is 40.2 cm³/mol. The molecule has 5 heteroatoms. The number of nitrogens with two attached hydrogens (primary N) is 1. The summed E-state index contributed by atoms with van der Waals surface area (Å²) in [6.07, 6.45) is 0.155. The fourth-order valence-electron chi connectivity index (χ4n) is 1.16. The molecule has 0 radical (unpaired) electrons. The van der Waals surface area contributed by atoms with Gasteiger partial charge in [0, 0.05) is 0 Å². The van der Waals surface area contributed by atoms with E-state index in [4.69, 9.17) is 0 Å². The van der Waals surface area contributed by atoms with Crippen LogP contribution in [0.1, 0.15) is 6.42 Å². The molecule has 1 aliphatic heterocycles. The SMILES string of the molecule is COC(=O)C[C@H]1[NH2+]CCNC1=O. The molecular weight excluding hydrogens is 160 g/mol. The molecule has 1 rings (SSSR count). The van der Waals surface area contributed by atoms with E-state index >= 15 is 0 Å². The van der Waals surface area contributed by atoms with E-state index in [1.807, 2.05) is 5.32 Å². The van der Waals surface area contributed by atoms with Crippen LogP contribution in [0.4, 0.5) is 0 Å². The molecule has 1 amide bonds. The standard InChI is InChI=1S/C7H12N2O3/c1-12-6(10)4-5-7(11)9-3-2-8-5/h5,8H,2-4H2,1H3,(H,9,11)/p+1/t5-/m1/s1. The number of amides is 1. The zero-order valence-electron chi connectivity index (χ0n) is 7.00. The second kappa shape index (κ2) is 4.06. The van der Waals surface area contributed by atoms with Crippen molar-refractivity contribution in [2.24, 2.45) is 0 Å². The molecule has 68 valence electrons. The molecule has 0 unspecified atom stereocenters. The maximum atomic E-state index is 11.1. The maximum Gasteiger partial charge on any atom is 0.312 e. The van der Waals surface area contributed by atoms with Gasteiger partial charge >= 0.3 is 5.97 Å². The number of rotatable bonds is 2. The highest BCUT2D eigenvalue weighted by Crippen LogP contribution is 1.91. The summed E-state index contributed by atoms with van der Waals surface area (Å²) in [5, 5.41) is 4.54. The Kier molecular flexibility index (Phi) is 3.04. The van der Waals surface area contributed by atoms with Gasteiger partial charge in [-0.05, 0) is 0 Å².